The highest BCUT2D eigenvalue weighted by molar-refractivity contribution is 9.10. The van der Waals surface area contributed by atoms with Gasteiger partial charge in [-0.1, -0.05) is 51.3 Å². The van der Waals surface area contributed by atoms with Gasteiger partial charge < -0.3 is 0 Å². The lowest BCUT2D eigenvalue weighted by Crippen LogP contribution is -2.18. The van der Waals surface area contributed by atoms with Crippen LogP contribution in [-0.2, 0) is 0 Å². The molecule has 2 rings (SSSR count). The topological polar surface area (TPSA) is 41.5 Å². The molecule has 0 radical (unpaired) electrons. The van der Waals surface area contributed by atoms with E-state index >= 15 is 0 Å². The molecule has 6 heteroatoms. The van der Waals surface area contributed by atoms with Gasteiger partial charge in [0.05, 0.1) is 16.8 Å². The van der Waals surface area contributed by atoms with Crippen molar-refractivity contribution in [3.8, 4) is 0 Å². The fraction of sp³-hybridized carbons (Fsp3) is 0. The second kappa shape index (κ2) is 6.88. The largest absolute Gasteiger partial charge is 0.272 e. The number of hydrogen-bond acceptors (Lipinski definition) is 2. The zero-order valence-corrected chi connectivity index (χ0v) is 13.2. The minimum atomic E-state index is -0.389. The third kappa shape index (κ3) is 4.07. The van der Waals surface area contributed by atoms with Crippen LogP contribution in [0.2, 0.25) is 10.0 Å². The molecular formula is C14H9BrCl2N2O. The molecule has 0 aromatic heterocycles. The van der Waals surface area contributed by atoms with Crippen molar-refractivity contribution in [3.63, 3.8) is 0 Å². The molecule has 0 bridgehead atoms. The summed E-state index contributed by atoms with van der Waals surface area (Å²) in [4.78, 5) is 11.9. The molecule has 0 saturated heterocycles. The second-order valence-corrected chi connectivity index (χ2v) is 5.63. The SMILES string of the molecule is O=C(N/N=C/c1ccc(Br)cc1)c1ccc(Cl)cc1Cl. The lowest BCUT2D eigenvalue weighted by atomic mass is 10.2. The summed E-state index contributed by atoms with van der Waals surface area (Å²) in [5.41, 5.74) is 3.61. The van der Waals surface area contributed by atoms with Gasteiger partial charge in [-0.15, -0.1) is 0 Å². The third-order valence-corrected chi connectivity index (χ3v) is 3.50. The first-order valence-corrected chi connectivity index (χ1v) is 7.15. The first-order chi connectivity index (χ1) is 9.56. The molecule has 2 aromatic carbocycles. The maximum absolute atomic E-state index is 11.9. The first kappa shape index (κ1) is 15.0. The second-order valence-electron chi connectivity index (χ2n) is 3.87. The number of benzene rings is 2. The van der Waals surface area contributed by atoms with Gasteiger partial charge in [0.2, 0.25) is 0 Å². The predicted molar refractivity (Wildman–Crippen MR) is 85.7 cm³/mol. The zero-order chi connectivity index (χ0) is 14.5. The van der Waals surface area contributed by atoms with E-state index in [1.165, 1.54) is 6.07 Å². The molecule has 0 aliphatic heterocycles. The highest BCUT2D eigenvalue weighted by atomic mass is 79.9. The van der Waals surface area contributed by atoms with Gasteiger partial charge in [0.15, 0.2) is 0 Å². The molecule has 0 atom stereocenters. The van der Waals surface area contributed by atoms with Gasteiger partial charge in [0.25, 0.3) is 5.91 Å². The summed E-state index contributed by atoms with van der Waals surface area (Å²) < 4.78 is 0.978. The lowest BCUT2D eigenvalue weighted by Gasteiger charge is -2.02. The number of nitrogens with zero attached hydrogens (tertiary/aromatic N) is 1. The summed E-state index contributed by atoms with van der Waals surface area (Å²) in [5, 5.41) is 4.64. The van der Waals surface area contributed by atoms with Gasteiger partial charge >= 0.3 is 0 Å². The van der Waals surface area contributed by atoms with Crippen LogP contribution in [0.4, 0.5) is 0 Å². The van der Waals surface area contributed by atoms with E-state index in [2.05, 4.69) is 26.5 Å². The molecule has 102 valence electrons. The van der Waals surface area contributed by atoms with Gasteiger partial charge in [0.1, 0.15) is 0 Å². The van der Waals surface area contributed by atoms with Crippen LogP contribution in [0, 0.1) is 0 Å². The van der Waals surface area contributed by atoms with Crippen LogP contribution in [0.5, 0.6) is 0 Å². The predicted octanol–water partition coefficient (Wildman–Crippen LogP) is 4.52. The van der Waals surface area contributed by atoms with Crippen LogP contribution in [0.25, 0.3) is 0 Å². The smallest absolute Gasteiger partial charge is 0.267 e. The lowest BCUT2D eigenvalue weighted by molar-refractivity contribution is 0.0955. The molecule has 2 aromatic rings. The summed E-state index contributed by atoms with van der Waals surface area (Å²) in [5.74, 6) is -0.389. The molecule has 0 fully saturated rings. The van der Waals surface area contributed by atoms with Crippen molar-refractivity contribution >= 4 is 51.3 Å². The standard InChI is InChI=1S/C14H9BrCl2N2O/c15-10-3-1-9(2-4-10)8-18-19-14(20)12-6-5-11(16)7-13(12)17/h1-8H,(H,19,20)/b18-8+. The first-order valence-electron chi connectivity index (χ1n) is 5.60. The van der Waals surface area contributed by atoms with Crippen molar-refractivity contribution in [1.29, 1.82) is 0 Å². The van der Waals surface area contributed by atoms with Crippen molar-refractivity contribution in [2.75, 3.05) is 0 Å². The minimum absolute atomic E-state index is 0.286. The molecule has 1 N–H and O–H groups in total. The molecule has 0 aliphatic carbocycles. The zero-order valence-electron chi connectivity index (χ0n) is 10.1. The van der Waals surface area contributed by atoms with Gasteiger partial charge in [-0.2, -0.15) is 5.10 Å². The fourth-order valence-corrected chi connectivity index (χ4v) is 2.21. The Morgan fingerprint density at radius 3 is 2.50 bits per heavy atom. The van der Waals surface area contributed by atoms with Crippen LogP contribution >= 0.6 is 39.1 Å². The van der Waals surface area contributed by atoms with Gasteiger partial charge in [-0.05, 0) is 35.9 Å². The quantitative estimate of drug-likeness (QED) is 0.625. The Labute approximate surface area is 134 Å². The number of hydrogen-bond donors (Lipinski definition) is 1. The Balaban J connectivity index is 2.03. The maximum Gasteiger partial charge on any atom is 0.272 e. The fourth-order valence-electron chi connectivity index (χ4n) is 1.45. The third-order valence-electron chi connectivity index (χ3n) is 2.43. The normalized spacial score (nSPS) is 10.8. The summed E-state index contributed by atoms with van der Waals surface area (Å²) in [7, 11) is 0. The van der Waals surface area contributed by atoms with Crippen LogP contribution < -0.4 is 5.43 Å². The maximum atomic E-state index is 11.9. The Bertz CT molecular complexity index is 657. The average Bonchev–Trinajstić information content (AvgIpc) is 2.41. The molecule has 0 spiro atoms. The molecular weight excluding hydrogens is 363 g/mol. The Hall–Kier alpha value is -1.36. The highest BCUT2D eigenvalue weighted by Crippen LogP contribution is 2.20. The number of rotatable bonds is 3. The average molecular weight is 372 g/mol. The molecule has 3 nitrogen and oxygen atoms in total. The number of nitrogens with one attached hydrogen (secondary N) is 1. The van der Waals surface area contributed by atoms with Crippen molar-refractivity contribution in [2.24, 2.45) is 5.10 Å². The van der Waals surface area contributed by atoms with E-state index in [1.54, 1.807) is 18.3 Å². The molecule has 0 heterocycles. The Morgan fingerprint density at radius 1 is 1.15 bits per heavy atom. The summed E-state index contributed by atoms with van der Waals surface area (Å²) in [6, 6.07) is 12.2. The molecule has 20 heavy (non-hydrogen) atoms. The van der Waals surface area contributed by atoms with Crippen molar-refractivity contribution in [1.82, 2.24) is 5.43 Å². The van der Waals surface area contributed by atoms with Crippen molar-refractivity contribution < 1.29 is 4.79 Å². The summed E-state index contributed by atoms with van der Waals surface area (Å²) >= 11 is 15.0. The van der Waals surface area contributed by atoms with Crippen molar-refractivity contribution in [2.45, 2.75) is 0 Å². The molecule has 0 saturated carbocycles. The molecule has 1 amide bonds. The van der Waals surface area contributed by atoms with Gasteiger partial charge in [0, 0.05) is 9.50 Å². The number of hydrazone groups is 1. The Morgan fingerprint density at radius 2 is 1.85 bits per heavy atom. The van der Waals surface area contributed by atoms with E-state index in [4.69, 9.17) is 23.2 Å². The number of halogens is 3. The van der Waals surface area contributed by atoms with E-state index in [9.17, 15) is 4.79 Å². The monoisotopic (exact) mass is 370 g/mol. The molecule has 0 aliphatic rings. The number of carbonyl (C=O) groups is 1. The van der Waals surface area contributed by atoms with Crippen LogP contribution in [-0.4, -0.2) is 12.1 Å². The van der Waals surface area contributed by atoms with Crippen LogP contribution in [0.15, 0.2) is 52.0 Å². The van der Waals surface area contributed by atoms with Gasteiger partial charge in [-0.3, -0.25) is 4.79 Å². The van der Waals surface area contributed by atoms with Crippen LogP contribution in [0.3, 0.4) is 0 Å². The Kier molecular flexibility index (Phi) is 5.17. The number of carbonyl (C=O) groups excluding carboxylic acids is 1. The number of amides is 1. The van der Waals surface area contributed by atoms with E-state index in [1.807, 2.05) is 24.3 Å². The van der Waals surface area contributed by atoms with E-state index < -0.39 is 0 Å². The molecule has 0 unspecified atom stereocenters. The highest BCUT2D eigenvalue weighted by Gasteiger charge is 2.09. The van der Waals surface area contributed by atoms with E-state index in [-0.39, 0.29) is 10.9 Å². The van der Waals surface area contributed by atoms with E-state index in [0.717, 1.165) is 10.0 Å². The minimum Gasteiger partial charge on any atom is -0.267 e. The summed E-state index contributed by atoms with van der Waals surface area (Å²) in [6.45, 7) is 0. The van der Waals surface area contributed by atoms with Crippen LogP contribution in [0.1, 0.15) is 15.9 Å². The van der Waals surface area contributed by atoms with Gasteiger partial charge in [-0.25, -0.2) is 5.43 Å². The summed E-state index contributed by atoms with van der Waals surface area (Å²) in [6.07, 6.45) is 1.55. The van der Waals surface area contributed by atoms with Crippen molar-refractivity contribution in [3.05, 3.63) is 68.1 Å². The van der Waals surface area contributed by atoms with E-state index in [0.29, 0.717) is 10.6 Å².